The van der Waals surface area contributed by atoms with Crippen molar-refractivity contribution >= 4 is 29.7 Å². The van der Waals surface area contributed by atoms with Gasteiger partial charge in [0.05, 0.1) is 22.3 Å². The lowest BCUT2D eigenvalue weighted by atomic mass is 9.81. The molecule has 0 saturated carbocycles. The molecule has 0 spiro atoms. The van der Waals surface area contributed by atoms with Crippen molar-refractivity contribution in [2.75, 3.05) is 0 Å². The Hall–Kier alpha value is -1.79. The number of benzene rings is 1. The van der Waals surface area contributed by atoms with Crippen molar-refractivity contribution in [1.29, 1.82) is 0 Å². The molecule has 0 aliphatic carbocycles. The van der Waals surface area contributed by atoms with Gasteiger partial charge in [-0.05, 0) is 67.0 Å². The zero-order valence-electron chi connectivity index (χ0n) is 17.0. The second-order valence-corrected chi connectivity index (χ2v) is 8.93. The number of fused-ring (bicyclic) bond motifs is 1. The number of aryl methyl sites for hydroxylation is 1. The lowest BCUT2D eigenvalue weighted by molar-refractivity contribution is 0.00578. The van der Waals surface area contributed by atoms with E-state index in [9.17, 15) is 4.79 Å². The number of hydrogen-bond acceptors (Lipinski definition) is 4. The Bertz CT molecular complexity index is 845. The number of aromatic nitrogens is 1. The number of ether oxygens (including phenoxy) is 1. The van der Waals surface area contributed by atoms with Crippen molar-refractivity contribution in [3.05, 3.63) is 29.8 Å². The molecule has 2 heterocycles. The average Bonchev–Trinajstić information content (AvgIpc) is 2.88. The van der Waals surface area contributed by atoms with Crippen molar-refractivity contribution in [3.8, 4) is 0 Å². The summed E-state index contributed by atoms with van der Waals surface area (Å²) in [6, 6.07) is 7.79. The van der Waals surface area contributed by atoms with Crippen LogP contribution in [0.1, 0.15) is 54.0 Å². The third-order valence-electron chi connectivity index (χ3n) is 5.23. The molecule has 5 nitrogen and oxygen atoms in total. The van der Waals surface area contributed by atoms with Crippen LogP contribution in [-0.2, 0) is 14.0 Å². The molecule has 0 atom stereocenters. The zero-order chi connectivity index (χ0) is 19.5. The molecule has 0 N–H and O–H groups in total. The molecule has 1 aromatic carbocycles. The van der Waals surface area contributed by atoms with Gasteiger partial charge in [0.25, 0.3) is 0 Å². The van der Waals surface area contributed by atoms with E-state index in [1.165, 1.54) is 0 Å². The van der Waals surface area contributed by atoms with Crippen LogP contribution in [-0.4, -0.2) is 34.6 Å². The van der Waals surface area contributed by atoms with Crippen molar-refractivity contribution in [2.24, 2.45) is 0 Å². The van der Waals surface area contributed by atoms with Crippen LogP contribution in [0.3, 0.4) is 0 Å². The Balaban J connectivity index is 2.18. The molecule has 0 unspecified atom stereocenters. The fraction of sp³-hybridized carbons (Fsp3) is 0.550. The van der Waals surface area contributed by atoms with E-state index in [1.807, 2.05) is 79.7 Å². The Morgan fingerprint density at radius 1 is 1.08 bits per heavy atom. The molecule has 2 aromatic rings. The van der Waals surface area contributed by atoms with E-state index in [1.54, 1.807) is 4.57 Å². The van der Waals surface area contributed by atoms with Gasteiger partial charge in [-0.1, -0.05) is 18.2 Å². The van der Waals surface area contributed by atoms with E-state index < -0.39 is 30.0 Å². The van der Waals surface area contributed by atoms with Gasteiger partial charge in [0, 0.05) is 5.39 Å². The standard InChI is InChI=1S/C20H28BNO4/c1-13-14-11-9-10-12-15(14)22(17(23)24-18(2,3)4)16(13)21-25-19(5,6)20(7,8)26-21/h9-12H,1-8H3. The second kappa shape index (κ2) is 5.86. The number of para-hydroxylation sites is 1. The number of carbonyl (C=O) groups is 1. The van der Waals surface area contributed by atoms with E-state index in [4.69, 9.17) is 14.0 Å². The fourth-order valence-electron chi connectivity index (χ4n) is 3.16. The third-order valence-corrected chi connectivity index (χ3v) is 5.23. The number of carbonyl (C=O) groups excluding carboxylic acids is 1. The van der Waals surface area contributed by atoms with Crippen molar-refractivity contribution < 1.29 is 18.8 Å². The molecule has 1 aliphatic rings. The quantitative estimate of drug-likeness (QED) is 0.723. The fourth-order valence-corrected chi connectivity index (χ4v) is 3.16. The van der Waals surface area contributed by atoms with Crippen LogP contribution in [0.5, 0.6) is 0 Å². The summed E-state index contributed by atoms with van der Waals surface area (Å²) in [5, 5.41) is 0.989. The lowest BCUT2D eigenvalue weighted by Crippen LogP contribution is -2.44. The number of rotatable bonds is 1. The highest BCUT2D eigenvalue weighted by atomic mass is 16.7. The molecular weight excluding hydrogens is 329 g/mol. The summed E-state index contributed by atoms with van der Waals surface area (Å²) in [6.45, 7) is 15.6. The smallest absolute Gasteiger partial charge is 0.443 e. The van der Waals surface area contributed by atoms with Crippen LogP contribution < -0.4 is 5.59 Å². The van der Waals surface area contributed by atoms with Gasteiger partial charge < -0.3 is 14.0 Å². The molecule has 3 rings (SSSR count). The molecule has 1 aromatic heterocycles. The largest absolute Gasteiger partial charge is 0.513 e. The Labute approximate surface area is 155 Å². The van der Waals surface area contributed by atoms with Gasteiger partial charge in [-0.15, -0.1) is 0 Å². The maximum atomic E-state index is 13.0. The summed E-state index contributed by atoms with van der Waals surface area (Å²) in [5.41, 5.74) is 0.885. The van der Waals surface area contributed by atoms with Crippen LogP contribution >= 0.6 is 0 Å². The van der Waals surface area contributed by atoms with E-state index >= 15 is 0 Å². The highest BCUT2D eigenvalue weighted by Crippen LogP contribution is 2.37. The summed E-state index contributed by atoms with van der Waals surface area (Å²) < 4.78 is 19.7. The second-order valence-electron chi connectivity index (χ2n) is 8.93. The summed E-state index contributed by atoms with van der Waals surface area (Å²) in [4.78, 5) is 13.0. The minimum absolute atomic E-state index is 0.425. The van der Waals surface area contributed by atoms with Gasteiger partial charge in [-0.2, -0.15) is 0 Å². The Kier molecular flexibility index (Phi) is 4.28. The molecule has 26 heavy (non-hydrogen) atoms. The highest BCUT2D eigenvalue weighted by molar-refractivity contribution is 6.63. The minimum atomic E-state index is -0.639. The Morgan fingerprint density at radius 2 is 1.62 bits per heavy atom. The molecule has 1 saturated heterocycles. The normalized spacial score (nSPS) is 19.2. The zero-order valence-corrected chi connectivity index (χ0v) is 17.0. The molecule has 140 valence electrons. The molecule has 1 fully saturated rings. The molecule has 0 radical (unpaired) electrons. The number of hydrogen-bond donors (Lipinski definition) is 0. The van der Waals surface area contributed by atoms with Crippen molar-refractivity contribution in [2.45, 2.75) is 72.2 Å². The van der Waals surface area contributed by atoms with Gasteiger partial charge in [0.2, 0.25) is 0 Å². The molecule has 0 bridgehead atoms. The van der Waals surface area contributed by atoms with Crippen LogP contribution in [0, 0.1) is 6.92 Å². The van der Waals surface area contributed by atoms with E-state index in [-0.39, 0.29) is 0 Å². The van der Waals surface area contributed by atoms with Gasteiger partial charge in [0.1, 0.15) is 5.60 Å². The summed E-state index contributed by atoms with van der Waals surface area (Å²) in [5.74, 6) is 0. The van der Waals surface area contributed by atoms with E-state index in [0.29, 0.717) is 5.59 Å². The van der Waals surface area contributed by atoms with Gasteiger partial charge >= 0.3 is 13.2 Å². The SMILES string of the molecule is Cc1c(B2OC(C)(C)C(C)(C)O2)n(C(=O)OC(C)(C)C)c2ccccc12. The molecule has 6 heteroatoms. The minimum Gasteiger partial charge on any atom is -0.443 e. The highest BCUT2D eigenvalue weighted by Gasteiger charge is 2.53. The Morgan fingerprint density at radius 3 is 2.15 bits per heavy atom. The molecule has 0 amide bonds. The first-order valence-electron chi connectivity index (χ1n) is 9.03. The molecular formula is C20H28BNO4. The first-order valence-corrected chi connectivity index (χ1v) is 9.03. The van der Waals surface area contributed by atoms with Crippen molar-refractivity contribution in [3.63, 3.8) is 0 Å². The first-order chi connectivity index (χ1) is 11.8. The van der Waals surface area contributed by atoms with E-state index in [2.05, 4.69) is 0 Å². The maximum absolute atomic E-state index is 13.0. The summed E-state index contributed by atoms with van der Waals surface area (Å²) >= 11 is 0. The predicted molar refractivity (Wildman–Crippen MR) is 104 cm³/mol. The van der Waals surface area contributed by atoms with Gasteiger partial charge in [0.15, 0.2) is 0 Å². The summed E-state index contributed by atoms with van der Waals surface area (Å²) in [6.07, 6.45) is -0.425. The topological polar surface area (TPSA) is 49.7 Å². The van der Waals surface area contributed by atoms with Gasteiger partial charge in [-0.25, -0.2) is 4.79 Å². The maximum Gasteiger partial charge on any atom is 0.513 e. The summed E-state index contributed by atoms with van der Waals surface area (Å²) in [7, 11) is -0.639. The lowest BCUT2D eigenvalue weighted by Gasteiger charge is -2.32. The average molecular weight is 357 g/mol. The predicted octanol–water partition coefficient (Wildman–Crippen LogP) is 4.03. The van der Waals surface area contributed by atoms with Crippen LogP contribution in [0.15, 0.2) is 24.3 Å². The molecule has 1 aliphatic heterocycles. The van der Waals surface area contributed by atoms with Crippen LogP contribution in [0.4, 0.5) is 4.79 Å². The third kappa shape index (κ3) is 3.05. The number of nitrogens with zero attached hydrogens (tertiary/aromatic N) is 1. The van der Waals surface area contributed by atoms with Crippen molar-refractivity contribution in [1.82, 2.24) is 4.57 Å². The van der Waals surface area contributed by atoms with Gasteiger partial charge in [-0.3, -0.25) is 4.57 Å². The van der Waals surface area contributed by atoms with Crippen LogP contribution in [0.2, 0.25) is 0 Å². The van der Waals surface area contributed by atoms with Crippen LogP contribution in [0.25, 0.3) is 10.9 Å². The first kappa shape index (κ1) is 19.0. The monoisotopic (exact) mass is 357 g/mol. The van der Waals surface area contributed by atoms with E-state index in [0.717, 1.165) is 16.5 Å².